The molecule has 6 heteroatoms. The first-order valence-electron chi connectivity index (χ1n) is 7.35. The summed E-state index contributed by atoms with van der Waals surface area (Å²) >= 11 is 1.58. The van der Waals surface area contributed by atoms with E-state index < -0.39 is 0 Å². The SMILES string of the molecule is CCOC(=O)C1=C2CC(CC)CN2C(c2nccs2)=NC1. The van der Waals surface area contributed by atoms with Crippen LogP contribution in [0.15, 0.2) is 27.8 Å². The summed E-state index contributed by atoms with van der Waals surface area (Å²) in [7, 11) is 0. The van der Waals surface area contributed by atoms with E-state index in [2.05, 4.69) is 21.8 Å². The molecular formula is C15H19N3O2S. The Balaban J connectivity index is 1.94. The summed E-state index contributed by atoms with van der Waals surface area (Å²) in [4.78, 5) is 23.3. The second-order valence-electron chi connectivity index (χ2n) is 5.21. The van der Waals surface area contributed by atoms with E-state index in [4.69, 9.17) is 4.74 Å². The van der Waals surface area contributed by atoms with Gasteiger partial charge in [0.25, 0.3) is 0 Å². The van der Waals surface area contributed by atoms with Crippen molar-refractivity contribution in [3.8, 4) is 0 Å². The van der Waals surface area contributed by atoms with Gasteiger partial charge in [-0.3, -0.25) is 4.99 Å². The highest BCUT2D eigenvalue weighted by atomic mass is 32.1. The van der Waals surface area contributed by atoms with Crippen LogP contribution in [0, 0.1) is 5.92 Å². The number of nitrogens with zero attached hydrogens (tertiary/aromatic N) is 3. The van der Waals surface area contributed by atoms with Gasteiger partial charge in [0.1, 0.15) is 0 Å². The van der Waals surface area contributed by atoms with Crippen molar-refractivity contribution < 1.29 is 9.53 Å². The quantitative estimate of drug-likeness (QED) is 0.802. The molecule has 1 saturated heterocycles. The number of aromatic nitrogens is 1. The molecule has 0 spiro atoms. The van der Waals surface area contributed by atoms with Gasteiger partial charge in [0.05, 0.1) is 18.7 Å². The standard InChI is InChI=1S/C15H19N3O2S/c1-3-10-7-12-11(15(19)20-4-2)8-17-13(18(12)9-10)14-16-5-6-21-14/h5-6,10H,3-4,7-9H2,1-2H3. The maximum Gasteiger partial charge on any atom is 0.337 e. The molecule has 1 atom stereocenters. The highest BCUT2D eigenvalue weighted by Gasteiger charge is 2.36. The summed E-state index contributed by atoms with van der Waals surface area (Å²) in [6.07, 6.45) is 3.82. The number of thiazole rings is 1. The molecule has 0 aromatic carbocycles. The number of rotatable bonds is 4. The first-order chi connectivity index (χ1) is 10.2. The monoisotopic (exact) mass is 305 g/mol. The molecule has 3 heterocycles. The van der Waals surface area contributed by atoms with Crippen LogP contribution < -0.4 is 0 Å². The van der Waals surface area contributed by atoms with E-state index in [1.807, 2.05) is 12.3 Å². The van der Waals surface area contributed by atoms with Gasteiger partial charge in [-0.1, -0.05) is 13.3 Å². The molecule has 5 nitrogen and oxygen atoms in total. The Morgan fingerprint density at radius 2 is 2.38 bits per heavy atom. The van der Waals surface area contributed by atoms with Gasteiger partial charge in [-0.05, 0) is 19.3 Å². The fraction of sp³-hybridized carbons (Fsp3) is 0.533. The lowest BCUT2D eigenvalue weighted by atomic mass is 10.0. The number of carbonyl (C=O) groups excluding carboxylic acids is 1. The van der Waals surface area contributed by atoms with Gasteiger partial charge in [0.15, 0.2) is 10.8 Å². The van der Waals surface area contributed by atoms with E-state index in [9.17, 15) is 4.79 Å². The number of hydrogen-bond acceptors (Lipinski definition) is 6. The number of fused-ring (bicyclic) bond motifs is 1. The van der Waals surface area contributed by atoms with E-state index in [-0.39, 0.29) is 5.97 Å². The Hall–Kier alpha value is -1.69. The van der Waals surface area contributed by atoms with Crippen LogP contribution >= 0.6 is 11.3 Å². The minimum absolute atomic E-state index is 0.226. The first-order valence-corrected chi connectivity index (χ1v) is 8.23. The molecular weight excluding hydrogens is 286 g/mol. The average molecular weight is 305 g/mol. The third-order valence-electron chi connectivity index (χ3n) is 3.96. The van der Waals surface area contributed by atoms with Gasteiger partial charge in [0, 0.05) is 23.8 Å². The van der Waals surface area contributed by atoms with Gasteiger partial charge in [-0.15, -0.1) is 11.3 Å². The number of aliphatic imine (C=N–C) groups is 1. The van der Waals surface area contributed by atoms with Crippen molar-refractivity contribution in [3.05, 3.63) is 27.9 Å². The van der Waals surface area contributed by atoms with Crippen molar-refractivity contribution in [1.29, 1.82) is 0 Å². The highest BCUT2D eigenvalue weighted by molar-refractivity contribution is 7.11. The Morgan fingerprint density at radius 3 is 3.05 bits per heavy atom. The van der Waals surface area contributed by atoms with Gasteiger partial charge in [-0.2, -0.15) is 0 Å². The summed E-state index contributed by atoms with van der Waals surface area (Å²) < 4.78 is 5.18. The van der Waals surface area contributed by atoms with E-state index in [1.54, 1.807) is 17.5 Å². The zero-order chi connectivity index (χ0) is 14.8. The number of esters is 1. The second-order valence-corrected chi connectivity index (χ2v) is 6.11. The molecule has 1 aromatic heterocycles. The summed E-state index contributed by atoms with van der Waals surface area (Å²) in [5.74, 6) is 1.24. The number of ether oxygens (including phenoxy) is 1. The number of hydrogen-bond donors (Lipinski definition) is 0. The molecule has 1 fully saturated rings. The van der Waals surface area contributed by atoms with Crippen LogP contribution in [0.25, 0.3) is 0 Å². The Kier molecular flexibility index (Phi) is 4.05. The van der Waals surface area contributed by atoms with Crippen LogP contribution in [-0.4, -0.2) is 41.4 Å². The maximum atomic E-state index is 12.1. The molecule has 0 radical (unpaired) electrons. The summed E-state index contributed by atoms with van der Waals surface area (Å²) in [5.41, 5.74) is 1.80. The number of allylic oxidation sites excluding steroid dienone is 1. The lowest BCUT2D eigenvalue weighted by Crippen LogP contribution is -2.34. The van der Waals surface area contributed by atoms with Crippen LogP contribution in [0.1, 0.15) is 31.7 Å². The summed E-state index contributed by atoms with van der Waals surface area (Å²) in [5, 5.41) is 2.88. The van der Waals surface area contributed by atoms with E-state index >= 15 is 0 Å². The molecule has 3 rings (SSSR count). The third kappa shape index (κ3) is 2.60. The molecule has 0 amide bonds. The average Bonchev–Trinajstić information content (AvgIpc) is 3.15. The fourth-order valence-corrected chi connectivity index (χ4v) is 3.49. The minimum Gasteiger partial charge on any atom is -0.463 e. The van der Waals surface area contributed by atoms with Crippen LogP contribution in [0.2, 0.25) is 0 Å². The van der Waals surface area contributed by atoms with Crippen molar-refractivity contribution >= 4 is 23.1 Å². The largest absolute Gasteiger partial charge is 0.463 e. The van der Waals surface area contributed by atoms with Crippen LogP contribution in [0.4, 0.5) is 0 Å². The van der Waals surface area contributed by atoms with Crippen LogP contribution in [0.3, 0.4) is 0 Å². The Labute approximate surface area is 128 Å². The molecule has 0 aliphatic carbocycles. The fourth-order valence-electron chi connectivity index (χ4n) is 2.84. The van der Waals surface area contributed by atoms with E-state index in [0.29, 0.717) is 24.6 Å². The molecule has 112 valence electrons. The van der Waals surface area contributed by atoms with E-state index in [0.717, 1.165) is 35.9 Å². The van der Waals surface area contributed by atoms with E-state index in [1.165, 1.54) is 0 Å². The number of amidine groups is 1. The van der Waals surface area contributed by atoms with Crippen molar-refractivity contribution in [1.82, 2.24) is 9.88 Å². The highest BCUT2D eigenvalue weighted by Crippen LogP contribution is 2.35. The zero-order valence-electron chi connectivity index (χ0n) is 12.3. The summed E-state index contributed by atoms with van der Waals surface area (Å²) in [6, 6.07) is 0. The van der Waals surface area contributed by atoms with Gasteiger partial charge in [-0.25, -0.2) is 9.78 Å². The maximum absolute atomic E-state index is 12.1. The number of carbonyl (C=O) groups is 1. The second kappa shape index (κ2) is 5.97. The van der Waals surface area contributed by atoms with Gasteiger partial charge < -0.3 is 9.64 Å². The lowest BCUT2D eigenvalue weighted by Gasteiger charge is -2.26. The molecule has 2 aliphatic rings. The van der Waals surface area contributed by atoms with Crippen molar-refractivity contribution in [2.75, 3.05) is 19.7 Å². The van der Waals surface area contributed by atoms with Crippen LogP contribution in [-0.2, 0) is 9.53 Å². The van der Waals surface area contributed by atoms with Crippen molar-refractivity contribution in [3.63, 3.8) is 0 Å². The predicted molar refractivity (Wildman–Crippen MR) is 82.3 cm³/mol. The van der Waals surface area contributed by atoms with Crippen molar-refractivity contribution in [2.24, 2.45) is 10.9 Å². The zero-order valence-corrected chi connectivity index (χ0v) is 13.2. The topological polar surface area (TPSA) is 54.8 Å². The Morgan fingerprint density at radius 1 is 1.52 bits per heavy atom. The molecule has 1 unspecified atom stereocenters. The van der Waals surface area contributed by atoms with Crippen LogP contribution in [0.5, 0.6) is 0 Å². The van der Waals surface area contributed by atoms with Crippen molar-refractivity contribution in [2.45, 2.75) is 26.7 Å². The first kappa shape index (κ1) is 14.3. The Bertz CT molecular complexity index is 592. The molecule has 0 bridgehead atoms. The molecule has 0 N–H and O–H groups in total. The van der Waals surface area contributed by atoms with Gasteiger partial charge >= 0.3 is 5.97 Å². The minimum atomic E-state index is -0.226. The third-order valence-corrected chi connectivity index (χ3v) is 4.73. The molecule has 1 aromatic rings. The lowest BCUT2D eigenvalue weighted by molar-refractivity contribution is -0.138. The molecule has 2 aliphatic heterocycles. The normalized spacial score (nSPS) is 21.3. The predicted octanol–water partition coefficient (Wildman–Crippen LogP) is 2.45. The molecule has 21 heavy (non-hydrogen) atoms. The summed E-state index contributed by atoms with van der Waals surface area (Å²) in [6.45, 7) is 5.73. The smallest absolute Gasteiger partial charge is 0.337 e. The van der Waals surface area contributed by atoms with Gasteiger partial charge in [0.2, 0.25) is 0 Å². The molecule has 0 saturated carbocycles.